The van der Waals surface area contributed by atoms with E-state index in [4.69, 9.17) is 10.5 Å². The van der Waals surface area contributed by atoms with Gasteiger partial charge in [0.15, 0.2) is 0 Å². The van der Waals surface area contributed by atoms with Crippen LogP contribution in [0.15, 0.2) is 18.2 Å². The van der Waals surface area contributed by atoms with Crippen molar-refractivity contribution in [2.45, 2.75) is 25.4 Å². The van der Waals surface area contributed by atoms with Crippen LogP contribution in [0, 0.1) is 0 Å². The molecule has 1 atom stereocenters. The quantitative estimate of drug-likeness (QED) is 0.782. The van der Waals surface area contributed by atoms with E-state index in [0.29, 0.717) is 11.4 Å². The number of likely N-dealkylation sites (tertiary alicyclic amines) is 1. The first-order valence-electron chi connectivity index (χ1n) is 6.54. The predicted molar refractivity (Wildman–Crippen MR) is 72.7 cm³/mol. The molecule has 4 nitrogen and oxygen atoms in total. The third-order valence-electron chi connectivity index (χ3n) is 3.56. The second-order valence-corrected chi connectivity index (χ2v) is 4.85. The first-order chi connectivity index (χ1) is 8.70. The van der Waals surface area contributed by atoms with Crippen LogP contribution in [-0.2, 0) is 0 Å². The SMILES string of the molecule is COc1ccc(C(O)CCN2CCCC2)cc1N. The molecule has 1 heterocycles. The zero-order chi connectivity index (χ0) is 13.0. The summed E-state index contributed by atoms with van der Waals surface area (Å²) in [6.07, 6.45) is 2.88. The molecule has 0 spiro atoms. The van der Waals surface area contributed by atoms with Crippen molar-refractivity contribution in [3.8, 4) is 5.75 Å². The lowest BCUT2D eigenvalue weighted by Gasteiger charge is -2.18. The second kappa shape index (κ2) is 6.07. The summed E-state index contributed by atoms with van der Waals surface area (Å²) < 4.78 is 5.11. The Bertz CT molecular complexity index is 389. The number of nitrogens with zero attached hydrogens (tertiary/aromatic N) is 1. The van der Waals surface area contributed by atoms with Crippen LogP contribution in [0.3, 0.4) is 0 Å². The maximum Gasteiger partial charge on any atom is 0.141 e. The van der Waals surface area contributed by atoms with E-state index >= 15 is 0 Å². The lowest BCUT2D eigenvalue weighted by Crippen LogP contribution is -2.22. The lowest BCUT2D eigenvalue weighted by molar-refractivity contribution is 0.149. The lowest BCUT2D eigenvalue weighted by atomic mass is 10.1. The Kier molecular flexibility index (Phi) is 4.44. The smallest absolute Gasteiger partial charge is 0.141 e. The zero-order valence-electron chi connectivity index (χ0n) is 10.9. The summed E-state index contributed by atoms with van der Waals surface area (Å²) in [6.45, 7) is 3.28. The van der Waals surface area contributed by atoms with Gasteiger partial charge in [-0.2, -0.15) is 0 Å². The van der Waals surface area contributed by atoms with Crippen LogP contribution in [-0.4, -0.2) is 36.8 Å². The maximum atomic E-state index is 10.1. The van der Waals surface area contributed by atoms with Crippen LogP contribution in [0.5, 0.6) is 5.75 Å². The molecule has 1 aliphatic heterocycles. The maximum absolute atomic E-state index is 10.1. The van der Waals surface area contributed by atoms with Gasteiger partial charge in [-0.3, -0.25) is 0 Å². The van der Waals surface area contributed by atoms with Crippen LogP contribution in [0.1, 0.15) is 30.9 Å². The van der Waals surface area contributed by atoms with Gasteiger partial charge in [0.25, 0.3) is 0 Å². The average Bonchev–Trinajstić information content (AvgIpc) is 2.89. The van der Waals surface area contributed by atoms with Gasteiger partial charge in [-0.1, -0.05) is 6.07 Å². The zero-order valence-corrected chi connectivity index (χ0v) is 10.9. The molecule has 1 saturated heterocycles. The van der Waals surface area contributed by atoms with Gasteiger partial charge in [-0.25, -0.2) is 0 Å². The van der Waals surface area contributed by atoms with Gasteiger partial charge in [0.05, 0.1) is 18.9 Å². The molecule has 4 heteroatoms. The van der Waals surface area contributed by atoms with Gasteiger partial charge in [-0.15, -0.1) is 0 Å². The molecule has 1 fully saturated rings. The van der Waals surface area contributed by atoms with Gasteiger partial charge in [0, 0.05) is 6.54 Å². The summed E-state index contributed by atoms with van der Waals surface area (Å²) in [5, 5.41) is 10.1. The normalized spacial score (nSPS) is 17.9. The van der Waals surface area contributed by atoms with Gasteiger partial charge < -0.3 is 20.5 Å². The van der Waals surface area contributed by atoms with E-state index in [1.54, 1.807) is 13.2 Å². The number of aliphatic hydroxyl groups is 1. The molecule has 1 aromatic rings. The largest absolute Gasteiger partial charge is 0.495 e. The molecule has 0 saturated carbocycles. The molecule has 0 bridgehead atoms. The van der Waals surface area contributed by atoms with Crippen LogP contribution >= 0.6 is 0 Å². The number of methoxy groups -OCH3 is 1. The summed E-state index contributed by atoms with van der Waals surface area (Å²) in [4.78, 5) is 2.40. The summed E-state index contributed by atoms with van der Waals surface area (Å²) in [5.41, 5.74) is 7.29. The Morgan fingerprint density at radius 3 is 2.72 bits per heavy atom. The fraction of sp³-hybridized carbons (Fsp3) is 0.571. The van der Waals surface area contributed by atoms with E-state index in [1.807, 2.05) is 12.1 Å². The molecule has 1 unspecified atom stereocenters. The van der Waals surface area contributed by atoms with Crippen molar-refractivity contribution in [3.05, 3.63) is 23.8 Å². The molecule has 0 aliphatic carbocycles. The molecule has 0 aromatic heterocycles. The third kappa shape index (κ3) is 3.15. The molecular weight excluding hydrogens is 228 g/mol. The number of hydrogen-bond donors (Lipinski definition) is 2. The molecule has 2 rings (SSSR count). The van der Waals surface area contributed by atoms with E-state index in [0.717, 1.165) is 31.6 Å². The van der Waals surface area contributed by atoms with Crippen molar-refractivity contribution in [1.29, 1.82) is 0 Å². The molecule has 100 valence electrons. The minimum atomic E-state index is -0.446. The monoisotopic (exact) mass is 250 g/mol. The fourth-order valence-corrected chi connectivity index (χ4v) is 2.44. The Hall–Kier alpha value is -1.26. The highest BCUT2D eigenvalue weighted by Gasteiger charge is 2.15. The van der Waals surface area contributed by atoms with E-state index in [1.165, 1.54) is 12.8 Å². The Balaban J connectivity index is 1.91. The summed E-state index contributed by atoms with van der Waals surface area (Å²) >= 11 is 0. The standard InChI is InChI=1S/C14H22N2O2/c1-18-14-5-4-11(10-12(14)15)13(17)6-9-16-7-2-3-8-16/h4-5,10,13,17H,2-3,6-9,15H2,1H3. The van der Waals surface area contributed by atoms with Gasteiger partial charge in [-0.05, 0) is 50.0 Å². The van der Waals surface area contributed by atoms with Gasteiger partial charge >= 0.3 is 0 Å². The summed E-state index contributed by atoms with van der Waals surface area (Å²) in [7, 11) is 1.59. The predicted octanol–water partition coefficient (Wildman–Crippen LogP) is 1.80. The first-order valence-corrected chi connectivity index (χ1v) is 6.54. The number of ether oxygens (including phenoxy) is 1. The van der Waals surface area contributed by atoms with Crippen molar-refractivity contribution in [2.75, 3.05) is 32.5 Å². The molecule has 18 heavy (non-hydrogen) atoms. The van der Waals surface area contributed by atoms with E-state index in [2.05, 4.69) is 4.90 Å². The van der Waals surface area contributed by atoms with Crippen molar-refractivity contribution in [2.24, 2.45) is 0 Å². The number of aliphatic hydroxyl groups excluding tert-OH is 1. The highest BCUT2D eigenvalue weighted by Crippen LogP contribution is 2.26. The van der Waals surface area contributed by atoms with Crippen molar-refractivity contribution < 1.29 is 9.84 Å². The molecular formula is C14H22N2O2. The number of nitrogen functional groups attached to an aromatic ring is 1. The van der Waals surface area contributed by atoms with Crippen molar-refractivity contribution >= 4 is 5.69 Å². The van der Waals surface area contributed by atoms with Crippen LogP contribution < -0.4 is 10.5 Å². The number of nitrogens with two attached hydrogens (primary N) is 1. The number of rotatable bonds is 5. The molecule has 0 amide bonds. The van der Waals surface area contributed by atoms with Crippen LogP contribution in [0.25, 0.3) is 0 Å². The van der Waals surface area contributed by atoms with E-state index in [9.17, 15) is 5.11 Å². The van der Waals surface area contributed by atoms with Crippen molar-refractivity contribution in [3.63, 3.8) is 0 Å². The first kappa shape index (κ1) is 13.2. The Morgan fingerprint density at radius 1 is 1.39 bits per heavy atom. The molecule has 1 aromatic carbocycles. The molecule has 0 radical (unpaired) electrons. The molecule has 1 aliphatic rings. The second-order valence-electron chi connectivity index (χ2n) is 4.85. The van der Waals surface area contributed by atoms with Crippen molar-refractivity contribution in [1.82, 2.24) is 4.90 Å². The fourth-order valence-electron chi connectivity index (χ4n) is 2.44. The average molecular weight is 250 g/mol. The summed E-state index contributed by atoms with van der Waals surface area (Å²) in [5.74, 6) is 0.658. The van der Waals surface area contributed by atoms with E-state index in [-0.39, 0.29) is 0 Å². The topological polar surface area (TPSA) is 58.7 Å². The van der Waals surface area contributed by atoms with Crippen LogP contribution in [0.4, 0.5) is 5.69 Å². The van der Waals surface area contributed by atoms with E-state index < -0.39 is 6.10 Å². The minimum absolute atomic E-state index is 0.446. The Labute approximate surface area is 108 Å². The van der Waals surface area contributed by atoms with Gasteiger partial charge in [0.2, 0.25) is 0 Å². The number of hydrogen-bond acceptors (Lipinski definition) is 4. The van der Waals surface area contributed by atoms with Gasteiger partial charge in [0.1, 0.15) is 5.75 Å². The third-order valence-corrected chi connectivity index (χ3v) is 3.56. The Morgan fingerprint density at radius 2 is 2.11 bits per heavy atom. The minimum Gasteiger partial charge on any atom is -0.495 e. The summed E-state index contributed by atoms with van der Waals surface area (Å²) in [6, 6.07) is 5.49. The van der Waals surface area contributed by atoms with Crippen LogP contribution in [0.2, 0.25) is 0 Å². The highest BCUT2D eigenvalue weighted by molar-refractivity contribution is 5.54. The highest BCUT2D eigenvalue weighted by atomic mass is 16.5. The number of benzene rings is 1. The number of anilines is 1. The molecule has 3 N–H and O–H groups in total.